The third kappa shape index (κ3) is 3.40. The lowest BCUT2D eigenvalue weighted by Gasteiger charge is -2.18. The van der Waals surface area contributed by atoms with Crippen LogP contribution in [0.3, 0.4) is 0 Å². The molecule has 0 fully saturated rings. The van der Waals surface area contributed by atoms with E-state index in [2.05, 4.69) is 49.5 Å². The molecule has 2 aromatic rings. The zero-order valence-electron chi connectivity index (χ0n) is 12.7. The quantitative estimate of drug-likeness (QED) is 0.891. The SMILES string of the molecule is CNC(Cc1ccc(C)c(C)c1)c1ccc(OC)cc1. The molecule has 0 aliphatic rings. The zero-order valence-corrected chi connectivity index (χ0v) is 12.7. The summed E-state index contributed by atoms with van der Waals surface area (Å²) in [6, 6.07) is 15.3. The summed E-state index contributed by atoms with van der Waals surface area (Å²) in [5, 5.41) is 3.40. The number of ether oxygens (including phenoxy) is 1. The van der Waals surface area contributed by atoms with Gasteiger partial charge in [0.1, 0.15) is 5.75 Å². The van der Waals surface area contributed by atoms with Crippen molar-refractivity contribution in [1.29, 1.82) is 0 Å². The summed E-state index contributed by atoms with van der Waals surface area (Å²) in [6.07, 6.45) is 0.990. The Morgan fingerprint density at radius 3 is 2.25 bits per heavy atom. The van der Waals surface area contributed by atoms with E-state index in [4.69, 9.17) is 4.74 Å². The Bertz CT molecular complexity index is 560. The first-order valence-electron chi connectivity index (χ1n) is 7.01. The molecule has 106 valence electrons. The predicted molar refractivity (Wildman–Crippen MR) is 84.4 cm³/mol. The fraction of sp³-hybridized carbons (Fsp3) is 0.333. The molecule has 2 aromatic carbocycles. The largest absolute Gasteiger partial charge is 0.497 e. The van der Waals surface area contributed by atoms with Gasteiger partial charge in [-0.1, -0.05) is 30.3 Å². The van der Waals surface area contributed by atoms with Crippen LogP contribution in [0.5, 0.6) is 5.75 Å². The van der Waals surface area contributed by atoms with E-state index < -0.39 is 0 Å². The van der Waals surface area contributed by atoms with Crippen LogP contribution >= 0.6 is 0 Å². The highest BCUT2D eigenvalue weighted by atomic mass is 16.5. The molecular formula is C18H23NO. The first-order valence-corrected chi connectivity index (χ1v) is 7.01. The van der Waals surface area contributed by atoms with Gasteiger partial charge in [0.05, 0.1) is 7.11 Å². The monoisotopic (exact) mass is 269 g/mol. The van der Waals surface area contributed by atoms with Gasteiger partial charge in [-0.2, -0.15) is 0 Å². The fourth-order valence-corrected chi connectivity index (χ4v) is 2.39. The van der Waals surface area contributed by atoms with E-state index in [0.717, 1.165) is 12.2 Å². The molecule has 1 atom stereocenters. The second-order valence-corrected chi connectivity index (χ2v) is 5.24. The maximum Gasteiger partial charge on any atom is 0.118 e. The number of hydrogen-bond acceptors (Lipinski definition) is 2. The number of aryl methyl sites for hydroxylation is 2. The minimum atomic E-state index is 0.322. The van der Waals surface area contributed by atoms with Gasteiger partial charge in [0.15, 0.2) is 0 Å². The van der Waals surface area contributed by atoms with Gasteiger partial charge in [-0.05, 0) is 61.7 Å². The van der Waals surface area contributed by atoms with Crippen molar-refractivity contribution < 1.29 is 4.74 Å². The lowest BCUT2D eigenvalue weighted by atomic mass is 9.96. The fourth-order valence-electron chi connectivity index (χ4n) is 2.39. The second kappa shape index (κ2) is 6.58. The van der Waals surface area contributed by atoms with E-state index in [1.54, 1.807) is 7.11 Å². The molecule has 1 N–H and O–H groups in total. The Kier molecular flexibility index (Phi) is 4.80. The normalized spacial score (nSPS) is 12.2. The van der Waals surface area contributed by atoms with E-state index in [-0.39, 0.29) is 0 Å². The van der Waals surface area contributed by atoms with Crippen molar-refractivity contribution >= 4 is 0 Å². The van der Waals surface area contributed by atoms with Crippen molar-refractivity contribution in [2.24, 2.45) is 0 Å². The number of likely N-dealkylation sites (N-methyl/N-ethyl adjacent to an activating group) is 1. The van der Waals surface area contributed by atoms with Crippen molar-refractivity contribution in [1.82, 2.24) is 5.32 Å². The Hall–Kier alpha value is -1.80. The van der Waals surface area contributed by atoms with Gasteiger partial charge in [-0.3, -0.25) is 0 Å². The molecule has 2 nitrogen and oxygen atoms in total. The van der Waals surface area contributed by atoms with E-state index in [0.29, 0.717) is 6.04 Å². The van der Waals surface area contributed by atoms with E-state index in [1.165, 1.54) is 22.3 Å². The number of rotatable bonds is 5. The molecular weight excluding hydrogens is 246 g/mol. The van der Waals surface area contributed by atoms with Crippen LogP contribution in [0.1, 0.15) is 28.3 Å². The summed E-state index contributed by atoms with van der Waals surface area (Å²) in [6.45, 7) is 4.32. The third-order valence-electron chi connectivity index (χ3n) is 3.88. The third-order valence-corrected chi connectivity index (χ3v) is 3.88. The van der Waals surface area contributed by atoms with Gasteiger partial charge in [-0.15, -0.1) is 0 Å². The number of methoxy groups -OCH3 is 1. The van der Waals surface area contributed by atoms with Crippen LogP contribution in [0, 0.1) is 13.8 Å². The minimum absolute atomic E-state index is 0.322. The van der Waals surface area contributed by atoms with Crippen molar-refractivity contribution in [3.05, 3.63) is 64.7 Å². The van der Waals surface area contributed by atoms with Crippen LogP contribution in [0.2, 0.25) is 0 Å². The van der Waals surface area contributed by atoms with Crippen molar-refractivity contribution in [3.63, 3.8) is 0 Å². The molecule has 0 aromatic heterocycles. The molecule has 0 aliphatic heterocycles. The van der Waals surface area contributed by atoms with E-state index >= 15 is 0 Å². The van der Waals surface area contributed by atoms with Crippen LogP contribution in [0.15, 0.2) is 42.5 Å². The lowest BCUT2D eigenvalue weighted by Crippen LogP contribution is -2.18. The molecule has 0 amide bonds. The molecule has 2 rings (SSSR count). The van der Waals surface area contributed by atoms with Crippen LogP contribution in [-0.2, 0) is 6.42 Å². The molecule has 0 saturated heterocycles. The van der Waals surface area contributed by atoms with Crippen molar-refractivity contribution in [3.8, 4) is 5.75 Å². The molecule has 0 spiro atoms. The van der Waals surface area contributed by atoms with Crippen LogP contribution < -0.4 is 10.1 Å². The van der Waals surface area contributed by atoms with Gasteiger partial charge in [0.25, 0.3) is 0 Å². The highest BCUT2D eigenvalue weighted by Crippen LogP contribution is 2.22. The Labute approximate surface area is 121 Å². The highest BCUT2D eigenvalue weighted by Gasteiger charge is 2.10. The van der Waals surface area contributed by atoms with E-state index in [9.17, 15) is 0 Å². The number of benzene rings is 2. The molecule has 0 radical (unpaired) electrons. The highest BCUT2D eigenvalue weighted by molar-refractivity contribution is 5.33. The molecule has 20 heavy (non-hydrogen) atoms. The maximum atomic E-state index is 5.21. The summed E-state index contributed by atoms with van der Waals surface area (Å²) in [4.78, 5) is 0. The van der Waals surface area contributed by atoms with Gasteiger partial charge >= 0.3 is 0 Å². The molecule has 0 heterocycles. The zero-order chi connectivity index (χ0) is 14.5. The first kappa shape index (κ1) is 14.6. The summed E-state index contributed by atoms with van der Waals surface area (Å²) in [5.74, 6) is 0.898. The minimum Gasteiger partial charge on any atom is -0.497 e. The topological polar surface area (TPSA) is 21.3 Å². The molecule has 2 heteroatoms. The van der Waals surface area contributed by atoms with Gasteiger partial charge in [0, 0.05) is 6.04 Å². The summed E-state index contributed by atoms with van der Waals surface area (Å²) in [7, 11) is 3.70. The van der Waals surface area contributed by atoms with E-state index in [1.807, 2.05) is 19.2 Å². The summed E-state index contributed by atoms with van der Waals surface area (Å²) >= 11 is 0. The average molecular weight is 269 g/mol. The van der Waals surface area contributed by atoms with Crippen LogP contribution in [0.25, 0.3) is 0 Å². The predicted octanol–water partition coefficient (Wildman–Crippen LogP) is 3.82. The smallest absolute Gasteiger partial charge is 0.118 e. The maximum absolute atomic E-state index is 5.21. The molecule has 0 saturated carbocycles. The average Bonchev–Trinajstić information content (AvgIpc) is 2.48. The van der Waals surface area contributed by atoms with Gasteiger partial charge in [-0.25, -0.2) is 0 Å². The van der Waals surface area contributed by atoms with Crippen LogP contribution in [-0.4, -0.2) is 14.2 Å². The molecule has 0 bridgehead atoms. The van der Waals surface area contributed by atoms with Gasteiger partial charge in [0.2, 0.25) is 0 Å². The summed E-state index contributed by atoms with van der Waals surface area (Å²) in [5.41, 5.74) is 5.35. The molecule has 1 unspecified atom stereocenters. The Morgan fingerprint density at radius 1 is 1.00 bits per heavy atom. The Morgan fingerprint density at radius 2 is 1.70 bits per heavy atom. The summed E-state index contributed by atoms with van der Waals surface area (Å²) < 4.78 is 5.21. The standard InChI is InChI=1S/C18H23NO/c1-13-5-6-15(11-14(13)2)12-18(19-3)16-7-9-17(20-4)10-8-16/h5-11,18-19H,12H2,1-4H3. The van der Waals surface area contributed by atoms with Crippen LogP contribution in [0.4, 0.5) is 0 Å². The number of hydrogen-bond donors (Lipinski definition) is 1. The lowest BCUT2D eigenvalue weighted by molar-refractivity contribution is 0.414. The van der Waals surface area contributed by atoms with Crippen molar-refractivity contribution in [2.75, 3.05) is 14.2 Å². The van der Waals surface area contributed by atoms with Gasteiger partial charge < -0.3 is 10.1 Å². The molecule has 0 aliphatic carbocycles. The first-order chi connectivity index (χ1) is 9.63. The Balaban J connectivity index is 2.16. The van der Waals surface area contributed by atoms with Crippen molar-refractivity contribution in [2.45, 2.75) is 26.3 Å². The second-order valence-electron chi connectivity index (χ2n) is 5.24. The number of nitrogens with one attached hydrogen (secondary N) is 1.